The van der Waals surface area contributed by atoms with Gasteiger partial charge < -0.3 is 10.1 Å². The summed E-state index contributed by atoms with van der Waals surface area (Å²) in [5, 5.41) is 2.10. The van der Waals surface area contributed by atoms with Gasteiger partial charge in [-0.1, -0.05) is 19.9 Å². The molecule has 0 fully saturated rings. The zero-order valence-corrected chi connectivity index (χ0v) is 12.3. The van der Waals surface area contributed by atoms with Crippen molar-refractivity contribution in [2.75, 3.05) is 11.9 Å². The lowest BCUT2D eigenvalue weighted by Crippen LogP contribution is -2.44. The summed E-state index contributed by atoms with van der Waals surface area (Å²) in [5.74, 6) is -4.36. The maximum atomic E-state index is 14.2. The maximum absolute atomic E-state index is 14.2. The van der Waals surface area contributed by atoms with Crippen LogP contribution in [0.5, 0.6) is 0 Å². The van der Waals surface area contributed by atoms with Crippen LogP contribution in [0.25, 0.3) is 0 Å². The molecular weight excluding hydrogens is 321 g/mol. The molecule has 1 aliphatic heterocycles. The van der Waals surface area contributed by atoms with Crippen LogP contribution < -0.4 is 5.32 Å². The Hall–Kier alpha value is -1.96. The highest BCUT2D eigenvalue weighted by Gasteiger charge is 2.59. The Labute approximate surface area is 129 Å². The molecule has 3 nitrogen and oxygen atoms in total. The number of alkyl halides is 3. The number of anilines is 1. The number of carbonyl (C=O) groups is 1. The smallest absolute Gasteiger partial charge is 0.347 e. The first-order valence-corrected chi connectivity index (χ1v) is 6.77. The van der Waals surface area contributed by atoms with E-state index >= 15 is 0 Å². The first-order valence-electron chi connectivity index (χ1n) is 6.77. The number of fused-ring (bicyclic) bond motifs is 1. The molecule has 1 atom stereocenters. The second kappa shape index (κ2) is 5.92. The summed E-state index contributed by atoms with van der Waals surface area (Å²) in [6.07, 6.45) is -3.31. The van der Waals surface area contributed by atoms with Gasteiger partial charge in [0.25, 0.3) is 0 Å². The maximum Gasteiger partial charge on any atom is 0.425 e. The molecule has 1 N–H and O–H groups in total. The highest BCUT2D eigenvalue weighted by atomic mass is 19.4. The van der Waals surface area contributed by atoms with Gasteiger partial charge in [0, 0.05) is 0 Å². The van der Waals surface area contributed by atoms with Crippen LogP contribution in [0, 0.1) is 17.6 Å². The Morgan fingerprint density at radius 2 is 1.96 bits per heavy atom. The van der Waals surface area contributed by atoms with Crippen molar-refractivity contribution in [3.05, 3.63) is 41.5 Å². The molecule has 0 saturated carbocycles. The predicted molar refractivity (Wildman–Crippen MR) is 72.7 cm³/mol. The molecule has 1 aliphatic rings. The molecule has 0 radical (unpaired) electrons. The molecular formula is C15H14F5NO2. The van der Waals surface area contributed by atoms with Gasteiger partial charge in [0.15, 0.2) is 11.6 Å². The van der Waals surface area contributed by atoms with Gasteiger partial charge in [0.1, 0.15) is 6.61 Å². The lowest BCUT2D eigenvalue weighted by atomic mass is 9.89. The standard InChI is InChI=1S/C15H14F5NO2/c1-8(2)5-6-14(15(18,19)20)12-10(21-11(22)7-23-14)4-3-9(16)13(12)17/h3-6,8H,7H2,1-2H3,(H,21,22). The Balaban J connectivity index is 2.82. The molecule has 0 saturated heterocycles. The fraction of sp³-hybridized carbons (Fsp3) is 0.400. The van der Waals surface area contributed by atoms with E-state index in [-0.39, 0.29) is 5.92 Å². The van der Waals surface area contributed by atoms with Crippen LogP contribution >= 0.6 is 0 Å². The summed E-state index contributed by atoms with van der Waals surface area (Å²) in [5.41, 5.74) is -4.82. The molecule has 2 rings (SSSR count). The Kier molecular flexibility index (Phi) is 4.48. The number of hydrogen-bond donors (Lipinski definition) is 1. The number of benzene rings is 1. The second-order valence-corrected chi connectivity index (χ2v) is 5.46. The van der Waals surface area contributed by atoms with Crippen molar-refractivity contribution < 1.29 is 31.5 Å². The van der Waals surface area contributed by atoms with Gasteiger partial charge in [-0.2, -0.15) is 13.2 Å². The minimum atomic E-state index is -5.10. The van der Waals surface area contributed by atoms with E-state index in [4.69, 9.17) is 4.74 Å². The lowest BCUT2D eigenvalue weighted by molar-refractivity contribution is -0.261. The molecule has 0 aromatic heterocycles. The van der Waals surface area contributed by atoms with Gasteiger partial charge in [-0.05, 0) is 24.1 Å². The first kappa shape index (κ1) is 17.4. The number of hydrogen-bond acceptors (Lipinski definition) is 2. The van der Waals surface area contributed by atoms with Crippen molar-refractivity contribution in [3.63, 3.8) is 0 Å². The number of allylic oxidation sites excluding steroid dienone is 1. The van der Waals surface area contributed by atoms with Crippen LogP contribution in [0.15, 0.2) is 24.3 Å². The molecule has 1 amide bonds. The fourth-order valence-corrected chi connectivity index (χ4v) is 2.23. The number of amides is 1. The molecule has 8 heteroatoms. The van der Waals surface area contributed by atoms with Crippen molar-refractivity contribution in [1.82, 2.24) is 0 Å². The molecule has 126 valence electrons. The summed E-state index contributed by atoms with van der Waals surface area (Å²) >= 11 is 0. The molecule has 0 bridgehead atoms. The molecule has 1 aromatic carbocycles. The Morgan fingerprint density at radius 1 is 1.30 bits per heavy atom. The molecule has 0 aliphatic carbocycles. The number of halogens is 5. The van der Waals surface area contributed by atoms with E-state index in [0.717, 1.165) is 12.1 Å². The van der Waals surface area contributed by atoms with Crippen molar-refractivity contribution in [3.8, 4) is 0 Å². The van der Waals surface area contributed by atoms with Crippen molar-refractivity contribution in [2.24, 2.45) is 5.92 Å². The van der Waals surface area contributed by atoms with Crippen molar-refractivity contribution >= 4 is 11.6 Å². The predicted octanol–water partition coefficient (Wildman–Crippen LogP) is 3.90. The third-order valence-electron chi connectivity index (χ3n) is 3.31. The lowest BCUT2D eigenvalue weighted by Gasteiger charge is -2.33. The largest absolute Gasteiger partial charge is 0.425 e. The van der Waals surface area contributed by atoms with Gasteiger partial charge >= 0.3 is 6.18 Å². The topological polar surface area (TPSA) is 38.3 Å². The van der Waals surface area contributed by atoms with Crippen LogP contribution in [0.2, 0.25) is 0 Å². The van der Waals surface area contributed by atoms with Crippen LogP contribution in [-0.2, 0) is 15.1 Å². The van der Waals surface area contributed by atoms with E-state index < -0.39 is 47.2 Å². The summed E-state index contributed by atoms with van der Waals surface area (Å²) in [6, 6.07) is 1.52. The van der Waals surface area contributed by atoms with Crippen molar-refractivity contribution in [1.29, 1.82) is 0 Å². The van der Waals surface area contributed by atoms with E-state index in [2.05, 4.69) is 5.32 Å². The van der Waals surface area contributed by atoms with Gasteiger partial charge in [0.05, 0.1) is 11.3 Å². The number of rotatable bonds is 2. The van der Waals surface area contributed by atoms with E-state index in [9.17, 15) is 26.7 Å². The Morgan fingerprint density at radius 3 is 2.52 bits per heavy atom. The van der Waals surface area contributed by atoms with E-state index in [0.29, 0.717) is 12.1 Å². The van der Waals surface area contributed by atoms with E-state index in [1.807, 2.05) is 0 Å². The molecule has 1 aromatic rings. The van der Waals surface area contributed by atoms with Gasteiger partial charge in [-0.15, -0.1) is 0 Å². The number of nitrogens with one attached hydrogen (secondary N) is 1. The zero-order chi connectivity index (χ0) is 17.4. The van der Waals surface area contributed by atoms with Crippen LogP contribution in [0.4, 0.5) is 27.6 Å². The number of carbonyl (C=O) groups excluding carboxylic acids is 1. The van der Waals surface area contributed by atoms with Gasteiger partial charge in [0.2, 0.25) is 11.5 Å². The molecule has 0 spiro atoms. The van der Waals surface area contributed by atoms with Gasteiger partial charge in [-0.3, -0.25) is 4.79 Å². The van der Waals surface area contributed by atoms with Gasteiger partial charge in [-0.25, -0.2) is 8.78 Å². The number of ether oxygens (including phenoxy) is 1. The first-order chi connectivity index (χ1) is 10.6. The molecule has 1 unspecified atom stereocenters. The van der Waals surface area contributed by atoms with E-state index in [1.54, 1.807) is 13.8 Å². The average molecular weight is 335 g/mol. The summed E-state index contributed by atoms with van der Waals surface area (Å²) < 4.78 is 73.7. The average Bonchev–Trinajstić information content (AvgIpc) is 2.57. The normalized spacial score (nSPS) is 22.2. The fourth-order valence-electron chi connectivity index (χ4n) is 2.23. The monoisotopic (exact) mass is 335 g/mol. The summed E-state index contributed by atoms with van der Waals surface area (Å²) in [6.45, 7) is 2.28. The Bertz CT molecular complexity index is 654. The van der Waals surface area contributed by atoms with Crippen molar-refractivity contribution in [2.45, 2.75) is 25.6 Å². The SMILES string of the molecule is CC(C)C=CC1(C(F)(F)F)OCC(=O)Nc2ccc(F)c(F)c21. The quantitative estimate of drug-likeness (QED) is 0.657. The van der Waals surface area contributed by atoms with Crippen LogP contribution in [0.1, 0.15) is 19.4 Å². The highest BCUT2D eigenvalue weighted by Crippen LogP contribution is 2.48. The zero-order valence-electron chi connectivity index (χ0n) is 12.3. The third-order valence-corrected chi connectivity index (χ3v) is 3.31. The minimum absolute atomic E-state index is 0.301. The van der Waals surface area contributed by atoms with E-state index in [1.165, 1.54) is 0 Å². The molecule has 1 heterocycles. The molecule has 23 heavy (non-hydrogen) atoms. The summed E-state index contributed by atoms with van der Waals surface area (Å²) in [7, 11) is 0. The van der Waals surface area contributed by atoms with Crippen LogP contribution in [-0.4, -0.2) is 18.7 Å². The van der Waals surface area contributed by atoms with Crippen LogP contribution in [0.3, 0.4) is 0 Å². The summed E-state index contributed by atoms with van der Waals surface area (Å²) in [4.78, 5) is 11.6. The third kappa shape index (κ3) is 3.08. The highest BCUT2D eigenvalue weighted by molar-refractivity contribution is 5.93. The minimum Gasteiger partial charge on any atom is -0.347 e. The second-order valence-electron chi connectivity index (χ2n) is 5.46.